The van der Waals surface area contributed by atoms with Gasteiger partial charge in [-0.3, -0.25) is 14.9 Å². The van der Waals surface area contributed by atoms with Crippen LogP contribution in [-0.4, -0.2) is 42.0 Å². The van der Waals surface area contributed by atoms with Crippen molar-refractivity contribution in [1.82, 2.24) is 4.90 Å². The maximum absolute atomic E-state index is 12.6. The Bertz CT molecular complexity index is 576. The number of ether oxygens (including phenoxy) is 1. The van der Waals surface area contributed by atoms with Crippen LogP contribution in [0, 0.1) is 10.1 Å². The van der Waals surface area contributed by atoms with Gasteiger partial charge in [-0.05, 0) is 12.8 Å². The number of halogens is 2. The maximum Gasteiger partial charge on any atom is 0.271 e. The van der Waals surface area contributed by atoms with Crippen molar-refractivity contribution in [3.63, 3.8) is 0 Å². The first kappa shape index (κ1) is 16.0. The molecule has 114 valence electrons. The van der Waals surface area contributed by atoms with Gasteiger partial charge in [0.25, 0.3) is 11.6 Å². The minimum atomic E-state index is -0.602. The number of methoxy groups -OCH3 is 1. The zero-order chi connectivity index (χ0) is 15.6. The first-order chi connectivity index (χ1) is 9.95. The van der Waals surface area contributed by atoms with Gasteiger partial charge in [0, 0.05) is 31.8 Å². The van der Waals surface area contributed by atoms with Crippen LogP contribution in [-0.2, 0) is 4.74 Å². The Labute approximate surface area is 131 Å². The van der Waals surface area contributed by atoms with Crippen LogP contribution in [0.2, 0.25) is 10.0 Å². The lowest BCUT2D eigenvalue weighted by molar-refractivity contribution is -0.384. The maximum atomic E-state index is 12.6. The molecule has 0 bridgehead atoms. The predicted molar refractivity (Wildman–Crippen MR) is 79.1 cm³/mol. The largest absolute Gasteiger partial charge is 0.383 e. The quantitative estimate of drug-likeness (QED) is 0.592. The van der Waals surface area contributed by atoms with Gasteiger partial charge in [-0.25, -0.2) is 0 Å². The summed E-state index contributed by atoms with van der Waals surface area (Å²) in [5.74, 6) is -0.356. The molecule has 8 heteroatoms. The van der Waals surface area contributed by atoms with E-state index in [1.807, 2.05) is 0 Å². The van der Waals surface area contributed by atoms with Crippen molar-refractivity contribution < 1.29 is 14.5 Å². The van der Waals surface area contributed by atoms with Crippen molar-refractivity contribution in [2.75, 3.05) is 20.3 Å². The smallest absolute Gasteiger partial charge is 0.271 e. The SMILES string of the molecule is COCCN(C(=O)c1cc([N+](=O)[O-])cc(Cl)c1Cl)C1CC1. The molecule has 0 atom stereocenters. The standard InChI is InChI=1S/C13H14Cl2N2O4/c1-21-5-4-16(8-2-3-8)13(18)10-6-9(17(19)20)7-11(14)12(10)15/h6-8H,2-5H2,1H3. The van der Waals surface area contributed by atoms with Crippen molar-refractivity contribution in [2.45, 2.75) is 18.9 Å². The van der Waals surface area contributed by atoms with Crippen LogP contribution in [0.5, 0.6) is 0 Å². The summed E-state index contributed by atoms with van der Waals surface area (Å²) in [7, 11) is 1.55. The second-order valence-electron chi connectivity index (χ2n) is 4.77. The first-order valence-corrected chi connectivity index (χ1v) is 7.14. The average molecular weight is 333 g/mol. The van der Waals surface area contributed by atoms with Gasteiger partial charge in [0.1, 0.15) is 0 Å². The topological polar surface area (TPSA) is 72.7 Å². The molecular formula is C13H14Cl2N2O4. The normalized spacial score (nSPS) is 14.0. The number of carbonyl (C=O) groups is 1. The zero-order valence-electron chi connectivity index (χ0n) is 11.3. The first-order valence-electron chi connectivity index (χ1n) is 6.39. The van der Waals surface area contributed by atoms with Gasteiger partial charge in [0.05, 0.1) is 27.1 Å². The van der Waals surface area contributed by atoms with E-state index in [2.05, 4.69) is 0 Å². The van der Waals surface area contributed by atoms with Crippen LogP contribution >= 0.6 is 23.2 Å². The van der Waals surface area contributed by atoms with Crippen molar-refractivity contribution >= 4 is 34.8 Å². The number of nitro benzene ring substituents is 1. The zero-order valence-corrected chi connectivity index (χ0v) is 12.9. The Morgan fingerprint density at radius 2 is 2.14 bits per heavy atom. The molecule has 0 unspecified atom stereocenters. The van der Waals surface area contributed by atoms with Gasteiger partial charge in [0.2, 0.25) is 0 Å². The van der Waals surface area contributed by atoms with Crippen LogP contribution in [0.4, 0.5) is 5.69 Å². The lowest BCUT2D eigenvalue weighted by atomic mass is 10.1. The highest BCUT2D eigenvalue weighted by Crippen LogP contribution is 2.34. The Morgan fingerprint density at radius 3 is 2.67 bits per heavy atom. The second kappa shape index (κ2) is 6.60. The molecule has 1 aromatic rings. The number of carbonyl (C=O) groups excluding carboxylic acids is 1. The van der Waals surface area contributed by atoms with E-state index in [-0.39, 0.29) is 33.2 Å². The monoisotopic (exact) mass is 332 g/mol. The highest BCUT2D eigenvalue weighted by Gasteiger charge is 2.34. The molecular weight excluding hydrogens is 319 g/mol. The Morgan fingerprint density at radius 1 is 1.48 bits per heavy atom. The number of rotatable bonds is 6. The van der Waals surface area contributed by atoms with Gasteiger partial charge in [-0.2, -0.15) is 0 Å². The van der Waals surface area contributed by atoms with Gasteiger partial charge >= 0.3 is 0 Å². The highest BCUT2D eigenvalue weighted by molar-refractivity contribution is 6.44. The van der Waals surface area contributed by atoms with E-state index in [1.165, 1.54) is 6.07 Å². The summed E-state index contributed by atoms with van der Waals surface area (Å²) in [4.78, 5) is 24.5. The molecule has 1 aliphatic carbocycles. The Kier molecular flexibility index (Phi) is 5.03. The van der Waals surface area contributed by atoms with Gasteiger partial charge in [-0.1, -0.05) is 23.2 Å². The van der Waals surface area contributed by atoms with E-state index in [4.69, 9.17) is 27.9 Å². The van der Waals surface area contributed by atoms with Gasteiger partial charge in [-0.15, -0.1) is 0 Å². The average Bonchev–Trinajstić information content (AvgIpc) is 3.26. The third-order valence-electron chi connectivity index (χ3n) is 3.24. The summed E-state index contributed by atoms with van der Waals surface area (Å²) in [6.07, 6.45) is 1.82. The van der Waals surface area contributed by atoms with E-state index in [1.54, 1.807) is 12.0 Å². The molecule has 21 heavy (non-hydrogen) atoms. The molecule has 0 heterocycles. The second-order valence-corrected chi connectivity index (χ2v) is 5.55. The minimum absolute atomic E-state index is 0.00305. The summed E-state index contributed by atoms with van der Waals surface area (Å²) in [6, 6.07) is 2.44. The highest BCUT2D eigenvalue weighted by atomic mass is 35.5. The molecule has 0 N–H and O–H groups in total. The van der Waals surface area contributed by atoms with E-state index in [0.29, 0.717) is 13.2 Å². The number of amides is 1. The molecule has 1 fully saturated rings. The summed E-state index contributed by atoms with van der Waals surface area (Å²) < 4.78 is 4.99. The number of non-ortho nitro benzene ring substituents is 1. The molecule has 1 aromatic carbocycles. The molecule has 0 aliphatic heterocycles. The van der Waals surface area contributed by atoms with E-state index in [0.717, 1.165) is 18.9 Å². The fourth-order valence-corrected chi connectivity index (χ4v) is 2.42. The third kappa shape index (κ3) is 3.64. The molecule has 0 saturated heterocycles. The molecule has 0 spiro atoms. The molecule has 1 saturated carbocycles. The van der Waals surface area contributed by atoms with Gasteiger partial charge < -0.3 is 9.64 Å². The Balaban J connectivity index is 2.34. The lowest BCUT2D eigenvalue weighted by Gasteiger charge is -2.22. The van der Waals surface area contributed by atoms with E-state index < -0.39 is 4.92 Å². The van der Waals surface area contributed by atoms with Crippen LogP contribution in [0.1, 0.15) is 23.2 Å². The number of benzene rings is 1. The number of hydrogen-bond acceptors (Lipinski definition) is 4. The van der Waals surface area contributed by atoms with Crippen LogP contribution in [0.3, 0.4) is 0 Å². The van der Waals surface area contributed by atoms with Crippen LogP contribution in [0.25, 0.3) is 0 Å². The third-order valence-corrected chi connectivity index (χ3v) is 4.04. The van der Waals surface area contributed by atoms with E-state index in [9.17, 15) is 14.9 Å². The van der Waals surface area contributed by atoms with Crippen molar-refractivity contribution in [3.8, 4) is 0 Å². The number of nitro groups is 1. The lowest BCUT2D eigenvalue weighted by Crippen LogP contribution is -2.36. The summed E-state index contributed by atoms with van der Waals surface area (Å²) >= 11 is 11.9. The summed E-state index contributed by atoms with van der Waals surface area (Å²) in [5, 5.41) is 10.9. The van der Waals surface area contributed by atoms with Crippen molar-refractivity contribution in [1.29, 1.82) is 0 Å². The molecule has 1 amide bonds. The van der Waals surface area contributed by atoms with Crippen LogP contribution < -0.4 is 0 Å². The van der Waals surface area contributed by atoms with Crippen molar-refractivity contribution in [2.24, 2.45) is 0 Å². The molecule has 6 nitrogen and oxygen atoms in total. The fraction of sp³-hybridized carbons (Fsp3) is 0.462. The van der Waals surface area contributed by atoms with Crippen molar-refractivity contribution in [3.05, 3.63) is 37.9 Å². The summed E-state index contributed by atoms with van der Waals surface area (Å²) in [6.45, 7) is 0.805. The predicted octanol–water partition coefficient (Wildman–Crippen LogP) is 3.15. The number of nitrogens with zero attached hydrogens (tertiary/aromatic N) is 2. The Hall–Kier alpha value is -1.37. The van der Waals surface area contributed by atoms with E-state index >= 15 is 0 Å². The molecule has 1 aliphatic rings. The molecule has 0 aromatic heterocycles. The molecule has 2 rings (SSSR count). The molecule has 0 radical (unpaired) electrons. The number of hydrogen-bond donors (Lipinski definition) is 0. The van der Waals surface area contributed by atoms with Crippen LogP contribution in [0.15, 0.2) is 12.1 Å². The minimum Gasteiger partial charge on any atom is -0.383 e. The summed E-state index contributed by atoms with van der Waals surface area (Å²) in [5.41, 5.74) is -0.200. The fourth-order valence-electron chi connectivity index (χ4n) is 2.02. The van der Waals surface area contributed by atoms with Gasteiger partial charge in [0.15, 0.2) is 0 Å².